The van der Waals surface area contributed by atoms with Crippen LogP contribution < -0.4 is 0 Å². The van der Waals surface area contributed by atoms with Gasteiger partial charge in [0.1, 0.15) is 0 Å². The Labute approximate surface area is 53.9 Å². The highest BCUT2D eigenvalue weighted by Crippen LogP contribution is 2.71. The van der Waals surface area contributed by atoms with E-state index in [1.54, 1.807) is 0 Å². The lowest BCUT2D eigenvalue weighted by Crippen LogP contribution is -1.96. The van der Waals surface area contributed by atoms with Gasteiger partial charge in [-0.15, -0.1) is 0 Å². The Morgan fingerprint density at radius 3 is 2.67 bits per heavy atom. The fraction of sp³-hybridized carbons (Fsp3) is 0.857. The van der Waals surface area contributed by atoms with Crippen molar-refractivity contribution in [1.82, 2.24) is 0 Å². The van der Waals surface area contributed by atoms with Crippen LogP contribution in [0.1, 0.15) is 25.7 Å². The second kappa shape index (κ2) is 1.31. The average molecular weight is 126 g/mol. The van der Waals surface area contributed by atoms with Crippen molar-refractivity contribution in [2.45, 2.75) is 25.7 Å². The van der Waals surface area contributed by atoms with Gasteiger partial charge >= 0.3 is 5.97 Å². The lowest BCUT2D eigenvalue weighted by atomic mass is 10.2. The Hall–Kier alpha value is -0.530. The van der Waals surface area contributed by atoms with Crippen molar-refractivity contribution in [1.29, 1.82) is 0 Å². The number of carbonyl (C=O) groups is 1. The van der Waals surface area contributed by atoms with Gasteiger partial charge in [0.25, 0.3) is 0 Å². The predicted molar refractivity (Wildman–Crippen MR) is 32.0 cm³/mol. The van der Waals surface area contributed by atoms with Crippen LogP contribution in [-0.2, 0) is 4.79 Å². The molecule has 2 saturated carbocycles. The standard InChI is InChI=1S/C7H10O2/c8-6(9)3-5-4-7(5)1-2-7/h5H,1-4H2,(H,8,9)/t5-/m1/s1. The molecule has 0 amide bonds. The molecule has 2 aliphatic rings. The molecule has 2 nitrogen and oxygen atoms in total. The average Bonchev–Trinajstić information content (AvgIpc) is 2.54. The van der Waals surface area contributed by atoms with E-state index in [2.05, 4.69) is 0 Å². The molecule has 50 valence electrons. The SMILES string of the molecule is O=C(O)C[C@@H]1CC12CC2. The fourth-order valence-corrected chi connectivity index (χ4v) is 1.70. The molecule has 1 N–H and O–H groups in total. The first kappa shape index (κ1) is 5.27. The Bertz CT molecular complexity index is 158. The summed E-state index contributed by atoms with van der Waals surface area (Å²) in [5, 5.41) is 8.38. The van der Waals surface area contributed by atoms with E-state index in [9.17, 15) is 4.79 Å². The van der Waals surface area contributed by atoms with E-state index in [4.69, 9.17) is 5.11 Å². The number of aliphatic carboxylic acids is 1. The predicted octanol–water partition coefficient (Wildman–Crippen LogP) is 1.26. The first-order chi connectivity index (χ1) is 4.23. The molecule has 0 aliphatic heterocycles. The van der Waals surface area contributed by atoms with Crippen molar-refractivity contribution in [2.75, 3.05) is 0 Å². The number of carboxylic acid groups (broad SMARTS) is 1. The van der Waals surface area contributed by atoms with E-state index in [0.29, 0.717) is 17.8 Å². The van der Waals surface area contributed by atoms with Crippen LogP contribution in [0.5, 0.6) is 0 Å². The van der Waals surface area contributed by atoms with Crippen LogP contribution in [0.4, 0.5) is 0 Å². The zero-order valence-corrected chi connectivity index (χ0v) is 5.26. The Kier molecular flexibility index (Phi) is 0.765. The van der Waals surface area contributed by atoms with Gasteiger partial charge in [0.15, 0.2) is 0 Å². The minimum atomic E-state index is -0.622. The molecular formula is C7H10O2. The third-order valence-corrected chi connectivity index (χ3v) is 2.67. The van der Waals surface area contributed by atoms with E-state index in [1.807, 2.05) is 0 Å². The molecule has 0 aromatic carbocycles. The molecule has 0 saturated heterocycles. The first-order valence-electron chi connectivity index (χ1n) is 3.45. The molecule has 9 heavy (non-hydrogen) atoms. The first-order valence-corrected chi connectivity index (χ1v) is 3.45. The Morgan fingerprint density at radius 1 is 1.67 bits per heavy atom. The normalized spacial score (nSPS) is 34.4. The Balaban J connectivity index is 1.84. The molecular weight excluding hydrogens is 116 g/mol. The van der Waals surface area contributed by atoms with Gasteiger partial charge in [-0.25, -0.2) is 0 Å². The summed E-state index contributed by atoms with van der Waals surface area (Å²) in [5.74, 6) is -0.0706. The highest BCUT2D eigenvalue weighted by molar-refractivity contribution is 5.68. The maximum atomic E-state index is 10.2. The summed E-state index contributed by atoms with van der Waals surface area (Å²) in [6.45, 7) is 0. The molecule has 0 bridgehead atoms. The van der Waals surface area contributed by atoms with Gasteiger partial charge in [-0.1, -0.05) is 0 Å². The summed E-state index contributed by atoms with van der Waals surface area (Å²) in [7, 11) is 0. The van der Waals surface area contributed by atoms with E-state index < -0.39 is 5.97 Å². The van der Waals surface area contributed by atoms with Crippen molar-refractivity contribution in [3.05, 3.63) is 0 Å². The summed E-state index contributed by atoms with van der Waals surface area (Å²) in [5.41, 5.74) is 0.568. The molecule has 2 rings (SSSR count). The van der Waals surface area contributed by atoms with Gasteiger partial charge in [0.2, 0.25) is 0 Å². The summed E-state index contributed by atoms with van der Waals surface area (Å²) < 4.78 is 0. The minimum absolute atomic E-state index is 0.417. The van der Waals surface area contributed by atoms with Crippen LogP contribution in [0.25, 0.3) is 0 Å². The van der Waals surface area contributed by atoms with Crippen LogP contribution in [0.15, 0.2) is 0 Å². The summed E-state index contributed by atoms with van der Waals surface area (Å²) >= 11 is 0. The van der Waals surface area contributed by atoms with E-state index >= 15 is 0 Å². The number of hydrogen-bond donors (Lipinski definition) is 1. The molecule has 0 aromatic heterocycles. The molecule has 2 heteroatoms. The summed E-state index contributed by atoms with van der Waals surface area (Å²) in [4.78, 5) is 10.2. The van der Waals surface area contributed by atoms with Gasteiger partial charge in [-0.3, -0.25) is 4.79 Å². The van der Waals surface area contributed by atoms with Crippen molar-refractivity contribution in [3.8, 4) is 0 Å². The molecule has 2 aliphatic carbocycles. The maximum Gasteiger partial charge on any atom is 0.303 e. The van der Waals surface area contributed by atoms with E-state index in [-0.39, 0.29) is 0 Å². The second-order valence-corrected chi connectivity index (χ2v) is 3.36. The van der Waals surface area contributed by atoms with Gasteiger partial charge in [-0.05, 0) is 30.6 Å². The topological polar surface area (TPSA) is 37.3 Å². The number of rotatable bonds is 2. The van der Waals surface area contributed by atoms with Crippen molar-refractivity contribution in [3.63, 3.8) is 0 Å². The van der Waals surface area contributed by atoms with Crippen LogP contribution in [0.3, 0.4) is 0 Å². The number of carboxylic acids is 1. The fourth-order valence-electron chi connectivity index (χ4n) is 1.70. The van der Waals surface area contributed by atoms with Crippen LogP contribution in [-0.4, -0.2) is 11.1 Å². The van der Waals surface area contributed by atoms with Crippen LogP contribution >= 0.6 is 0 Å². The quantitative estimate of drug-likeness (QED) is 0.604. The molecule has 1 spiro atoms. The third-order valence-electron chi connectivity index (χ3n) is 2.67. The summed E-state index contributed by atoms with van der Waals surface area (Å²) in [6, 6.07) is 0. The molecule has 1 atom stereocenters. The lowest BCUT2D eigenvalue weighted by molar-refractivity contribution is -0.137. The zero-order valence-electron chi connectivity index (χ0n) is 5.26. The van der Waals surface area contributed by atoms with Crippen LogP contribution in [0, 0.1) is 11.3 Å². The largest absolute Gasteiger partial charge is 0.481 e. The van der Waals surface area contributed by atoms with Gasteiger partial charge in [0.05, 0.1) is 0 Å². The van der Waals surface area contributed by atoms with Gasteiger partial charge in [0, 0.05) is 6.42 Å². The van der Waals surface area contributed by atoms with Gasteiger partial charge < -0.3 is 5.11 Å². The van der Waals surface area contributed by atoms with Crippen molar-refractivity contribution in [2.24, 2.45) is 11.3 Å². The molecule has 0 radical (unpaired) electrons. The maximum absolute atomic E-state index is 10.2. The minimum Gasteiger partial charge on any atom is -0.481 e. The van der Waals surface area contributed by atoms with Crippen molar-refractivity contribution >= 4 is 5.97 Å². The molecule has 0 heterocycles. The van der Waals surface area contributed by atoms with Crippen LogP contribution in [0.2, 0.25) is 0 Å². The molecule has 0 unspecified atom stereocenters. The zero-order chi connectivity index (χ0) is 6.48. The molecule has 2 fully saturated rings. The smallest absolute Gasteiger partial charge is 0.303 e. The highest BCUT2D eigenvalue weighted by Gasteiger charge is 2.62. The highest BCUT2D eigenvalue weighted by atomic mass is 16.4. The lowest BCUT2D eigenvalue weighted by Gasteiger charge is -1.87. The summed E-state index contributed by atoms with van der Waals surface area (Å²) in [6.07, 6.45) is 4.20. The third kappa shape index (κ3) is 0.732. The van der Waals surface area contributed by atoms with E-state index in [1.165, 1.54) is 19.3 Å². The van der Waals surface area contributed by atoms with E-state index in [0.717, 1.165) is 0 Å². The Morgan fingerprint density at radius 2 is 2.33 bits per heavy atom. The molecule has 0 aromatic rings. The second-order valence-electron chi connectivity index (χ2n) is 3.36. The van der Waals surface area contributed by atoms with Crippen molar-refractivity contribution < 1.29 is 9.90 Å². The number of hydrogen-bond acceptors (Lipinski definition) is 1. The van der Waals surface area contributed by atoms with Gasteiger partial charge in [-0.2, -0.15) is 0 Å². The monoisotopic (exact) mass is 126 g/mol.